The van der Waals surface area contributed by atoms with E-state index in [1.165, 1.54) is 31.3 Å². The minimum absolute atomic E-state index is 0.325. The smallest absolute Gasteiger partial charge is 0.331 e. The fraction of sp³-hybridized carbons (Fsp3) is 0.273. The van der Waals surface area contributed by atoms with Crippen LogP contribution in [0.2, 0.25) is 5.02 Å². The van der Waals surface area contributed by atoms with Crippen LogP contribution in [0.4, 0.5) is 0 Å². The van der Waals surface area contributed by atoms with Gasteiger partial charge in [0.25, 0.3) is 5.91 Å². The molecule has 7 nitrogen and oxygen atoms in total. The molecule has 2 rings (SSSR count). The monoisotopic (exact) mass is 433 g/mol. The van der Waals surface area contributed by atoms with Gasteiger partial charge in [-0.1, -0.05) is 23.7 Å². The van der Waals surface area contributed by atoms with Crippen molar-refractivity contribution in [3.05, 3.63) is 58.6 Å². The number of nitrogens with zero attached hydrogens (tertiary/aromatic N) is 1. The normalized spacial score (nSPS) is 10.6. The van der Waals surface area contributed by atoms with Gasteiger partial charge in [-0.15, -0.1) is 0 Å². The van der Waals surface area contributed by atoms with Crippen LogP contribution >= 0.6 is 11.6 Å². The van der Waals surface area contributed by atoms with E-state index in [1.807, 2.05) is 24.3 Å². The van der Waals surface area contributed by atoms with Crippen LogP contribution in [0.25, 0.3) is 6.08 Å². The zero-order valence-electron chi connectivity index (χ0n) is 17.3. The summed E-state index contributed by atoms with van der Waals surface area (Å²) in [5.74, 6) is 0.578. The number of rotatable bonds is 9. The molecule has 0 heterocycles. The van der Waals surface area contributed by atoms with E-state index in [0.29, 0.717) is 34.4 Å². The van der Waals surface area contributed by atoms with Gasteiger partial charge in [-0.05, 0) is 41.5 Å². The fourth-order valence-electron chi connectivity index (χ4n) is 2.62. The third-order valence-electron chi connectivity index (χ3n) is 4.19. The Hall–Kier alpha value is -3.19. The molecule has 0 saturated heterocycles. The van der Waals surface area contributed by atoms with Crippen molar-refractivity contribution in [2.24, 2.45) is 0 Å². The molecule has 0 bridgehead atoms. The summed E-state index contributed by atoms with van der Waals surface area (Å²) in [6, 6.07) is 10.7. The van der Waals surface area contributed by atoms with Crippen molar-refractivity contribution in [3.63, 3.8) is 0 Å². The Balaban J connectivity index is 1.90. The van der Waals surface area contributed by atoms with Gasteiger partial charge < -0.3 is 23.8 Å². The van der Waals surface area contributed by atoms with E-state index >= 15 is 0 Å². The molecule has 2 aromatic rings. The number of carbonyl (C=O) groups is 2. The third-order valence-corrected chi connectivity index (χ3v) is 4.47. The maximum absolute atomic E-state index is 12.2. The quantitative estimate of drug-likeness (QED) is 0.444. The van der Waals surface area contributed by atoms with Crippen molar-refractivity contribution in [3.8, 4) is 17.2 Å². The molecule has 160 valence electrons. The molecule has 0 aliphatic heterocycles. The average molecular weight is 434 g/mol. The first-order chi connectivity index (χ1) is 14.4. The summed E-state index contributed by atoms with van der Waals surface area (Å²) in [4.78, 5) is 25.7. The van der Waals surface area contributed by atoms with Crippen molar-refractivity contribution in [1.82, 2.24) is 4.90 Å². The van der Waals surface area contributed by atoms with Gasteiger partial charge >= 0.3 is 5.97 Å². The van der Waals surface area contributed by atoms with Crippen molar-refractivity contribution >= 4 is 29.6 Å². The van der Waals surface area contributed by atoms with Gasteiger partial charge in [0.2, 0.25) is 0 Å². The summed E-state index contributed by atoms with van der Waals surface area (Å²) < 4.78 is 20.6. The Labute approximate surface area is 180 Å². The van der Waals surface area contributed by atoms with Crippen molar-refractivity contribution < 1.29 is 28.5 Å². The summed E-state index contributed by atoms with van der Waals surface area (Å²) in [6.07, 6.45) is 2.73. The molecular formula is C22H24ClNO6. The Morgan fingerprint density at radius 2 is 1.83 bits per heavy atom. The average Bonchev–Trinajstić information content (AvgIpc) is 2.75. The van der Waals surface area contributed by atoms with Crippen molar-refractivity contribution in [2.75, 3.05) is 35.0 Å². The molecule has 0 fully saturated rings. The number of halogens is 1. The van der Waals surface area contributed by atoms with Gasteiger partial charge in [-0.3, -0.25) is 4.79 Å². The van der Waals surface area contributed by atoms with Crippen LogP contribution in [0.5, 0.6) is 17.2 Å². The first-order valence-corrected chi connectivity index (χ1v) is 9.39. The molecular weight excluding hydrogens is 410 g/mol. The standard InChI is InChI=1S/C22H24ClNO6/c1-24(13-16-6-5-7-17(10-16)27-2)20(25)14-30-21(26)9-8-15-11-18(23)22(29-4)19(12-15)28-3/h5-12H,13-14H2,1-4H3/b9-8+. The summed E-state index contributed by atoms with van der Waals surface area (Å²) >= 11 is 6.14. The number of ether oxygens (including phenoxy) is 4. The lowest BCUT2D eigenvalue weighted by atomic mass is 10.2. The summed E-state index contributed by atoms with van der Waals surface area (Å²) in [6.45, 7) is 0.00387. The molecule has 0 unspecified atom stereocenters. The molecule has 0 spiro atoms. The number of amides is 1. The maximum Gasteiger partial charge on any atom is 0.331 e. The van der Waals surface area contributed by atoms with Crippen molar-refractivity contribution in [1.29, 1.82) is 0 Å². The first kappa shape index (κ1) is 23.1. The lowest BCUT2D eigenvalue weighted by Gasteiger charge is -2.17. The van der Waals surface area contributed by atoms with Crippen LogP contribution in [0, 0.1) is 0 Å². The Morgan fingerprint density at radius 3 is 2.50 bits per heavy atom. The van der Waals surface area contributed by atoms with Crippen LogP contribution in [0.1, 0.15) is 11.1 Å². The lowest BCUT2D eigenvalue weighted by molar-refractivity contribution is -0.147. The summed E-state index contributed by atoms with van der Waals surface area (Å²) in [5, 5.41) is 0.346. The second-order valence-corrected chi connectivity index (χ2v) is 6.69. The van der Waals surface area contributed by atoms with Crippen molar-refractivity contribution in [2.45, 2.75) is 6.54 Å². The number of methoxy groups -OCH3 is 3. The minimum atomic E-state index is -0.649. The molecule has 0 aliphatic carbocycles. The van der Waals surface area contributed by atoms with E-state index in [1.54, 1.807) is 26.3 Å². The minimum Gasteiger partial charge on any atom is -0.497 e. The highest BCUT2D eigenvalue weighted by Crippen LogP contribution is 2.36. The van der Waals surface area contributed by atoms with Crippen LogP contribution in [-0.2, 0) is 20.9 Å². The van der Waals surface area contributed by atoms with Crippen LogP contribution < -0.4 is 14.2 Å². The lowest BCUT2D eigenvalue weighted by Crippen LogP contribution is -2.30. The number of hydrogen-bond donors (Lipinski definition) is 0. The van der Waals surface area contributed by atoms with Crippen LogP contribution in [0.3, 0.4) is 0 Å². The molecule has 0 aliphatic rings. The topological polar surface area (TPSA) is 74.3 Å². The third kappa shape index (κ3) is 6.42. The maximum atomic E-state index is 12.2. The number of carbonyl (C=O) groups excluding carboxylic acids is 2. The van der Waals surface area contributed by atoms with Gasteiger partial charge in [0, 0.05) is 19.7 Å². The Morgan fingerprint density at radius 1 is 1.07 bits per heavy atom. The SMILES string of the molecule is COc1cccc(CN(C)C(=O)COC(=O)/C=C/c2cc(Cl)c(OC)c(OC)c2)c1. The second-order valence-electron chi connectivity index (χ2n) is 6.28. The highest BCUT2D eigenvalue weighted by molar-refractivity contribution is 6.32. The highest BCUT2D eigenvalue weighted by Gasteiger charge is 2.13. The van der Waals surface area contributed by atoms with E-state index in [2.05, 4.69) is 0 Å². The van der Waals surface area contributed by atoms with Crippen LogP contribution in [-0.4, -0.2) is 51.8 Å². The van der Waals surface area contributed by atoms with E-state index in [9.17, 15) is 9.59 Å². The van der Waals surface area contributed by atoms with E-state index in [4.69, 9.17) is 30.5 Å². The zero-order valence-corrected chi connectivity index (χ0v) is 18.1. The van der Waals surface area contributed by atoms with E-state index < -0.39 is 5.97 Å². The van der Waals surface area contributed by atoms with Gasteiger partial charge in [-0.25, -0.2) is 4.79 Å². The molecule has 0 N–H and O–H groups in total. The molecule has 0 aromatic heterocycles. The molecule has 1 amide bonds. The number of likely N-dealkylation sites (N-methyl/N-ethyl adjacent to an activating group) is 1. The predicted octanol–water partition coefficient (Wildman–Crippen LogP) is 3.58. The van der Waals surface area contributed by atoms with E-state index in [0.717, 1.165) is 5.56 Å². The second kappa shape index (κ2) is 11.1. The largest absolute Gasteiger partial charge is 0.497 e. The molecule has 30 heavy (non-hydrogen) atoms. The molecule has 0 radical (unpaired) electrons. The number of esters is 1. The molecule has 8 heteroatoms. The van der Waals surface area contributed by atoms with Gasteiger partial charge in [0.05, 0.1) is 26.4 Å². The highest BCUT2D eigenvalue weighted by atomic mass is 35.5. The van der Waals surface area contributed by atoms with Gasteiger partial charge in [0.15, 0.2) is 18.1 Å². The summed E-state index contributed by atoms with van der Waals surface area (Å²) in [5.41, 5.74) is 1.53. The number of hydrogen-bond acceptors (Lipinski definition) is 6. The predicted molar refractivity (Wildman–Crippen MR) is 114 cm³/mol. The van der Waals surface area contributed by atoms with Gasteiger partial charge in [0.1, 0.15) is 5.75 Å². The molecule has 0 atom stereocenters. The molecule has 0 saturated carbocycles. The van der Waals surface area contributed by atoms with Crippen LogP contribution in [0.15, 0.2) is 42.5 Å². The molecule has 2 aromatic carbocycles. The summed E-state index contributed by atoms with van der Waals surface area (Å²) in [7, 11) is 6.19. The number of benzene rings is 2. The zero-order chi connectivity index (χ0) is 22.1. The van der Waals surface area contributed by atoms with Gasteiger partial charge in [-0.2, -0.15) is 0 Å². The first-order valence-electron chi connectivity index (χ1n) is 9.01. The Bertz CT molecular complexity index is 928. The Kier molecular flexibility index (Phi) is 8.55. The fourth-order valence-corrected chi connectivity index (χ4v) is 2.92. The van der Waals surface area contributed by atoms with E-state index in [-0.39, 0.29) is 12.5 Å².